The molecule has 0 radical (unpaired) electrons. The number of carbonyl (C=O) groups excluding carboxylic acids is 1. The van der Waals surface area contributed by atoms with Gasteiger partial charge in [0.05, 0.1) is 18.3 Å². The minimum absolute atomic E-state index is 0.136. The predicted molar refractivity (Wildman–Crippen MR) is 177 cm³/mol. The van der Waals surface area contributed by atoms with Crippen molar-refractivity contribution in [2.45, 2.75) is 70.5 Å². The quantitative estimate of drug-likeness (QED) is 0.172. The van der Waals surface area contributed by atoms with Gasteiger partial charge in [0.25, 0.3) is 0 Å². The lowest BCUT2D eigenvalue weighted by Gasteiger charge is -2.41. The van der Waals surface area contributed by atoms with E-state index in [1.54, 1.807) is 28.8 Å². The molecule has 46 heavy (non-hydrogen) atoms. The molecule has 12 nitrogen and oxygen atoms in total. The van der Waals surface area contributed by atoms with E-state index in [4.69, 9.17) is 4.74 Å². The molecule has 0 saturated heterocycles. The van der Waals surface area contributed by atoms with Crippen LogP contribution in [0.5, 0.6) is 5.88 Å². The van der Waals surface area contributed by atoms with Gasteiger partial charge in [-0.3, -0.25) is 18.9 Å². The Morgan fingerprint density at radius 2 is 1.96 bits per heavy atom. The fraction of sp³-hybridized carbons (Fsp3) is 0.333. The number of pyridine rings is 1. The molecule has 2 aromatic carbocycles. The maximum Gasteiger partial charge on any atom is 0.239 e. The Bertz CT molecular complexity index is 1870. The molecule has 1 aliphatic heterocycles. The number of nitrogens with zero attached hydrogens (tertiary/aromatic N) is 7. The third-order valence-corrected chi connectivity index (χ3v) is 10.4. The lowest BCUT2D eigenvalue weighted by molar-refractivity contribution is -0.116. The smallest absolute Gasteiger partial charge is 0.239 e. The van der Waals surface area contributed by atoms with E-state index in [0.29, 0.717) is 25.3 Å². The van der Waals surface area contributed by atoms with Gasteiger partial charge in [-0.25, -0.2) is 14.6 Å². The van der Waals surface area contributed by atoms with Crippen LogP contribution in [0, 0.1) is 13.8 Å². The predicted octanol–water partition coefficient (Wildman–Crippen LogP) is 6.11. The van der Waals surface area contributed by atoms with Crippen LogP contribution in [0.1, 0.15) is 60.4 Å². The summed E-state index contributed by atoms with van der Waals surface area (Å²) in [5.41, 5.74) is 6.45. The summed E-state index contributed by atoms with van der Waals surface area (Å²) in [5, 5.41) is 11.6. The molecule has 4 heterocycles. The van der Waals surface area contributed by atoms with Crippen LogP contribution in [-0.2, 0) is 17.9 Å². The molecule has 0 bridgehead atoms. The topological polar surface area (TPSA) is 151 Å². The number of fused-ring (bicyclic) bond motifs is 2. The van der Waals surface area contributed by atoms with Gasteiger partial charge in [-0.1, -0.05) is 36.4 Å². The number of anilines is 1. The normalized spacial score (nSPS) is 17.5. The van der Waals surface area contributed by atoms with Gasteiger partial charge in [-0.15, -0.1) is 15.9 Å². The minimum Gasteiger partial charge on any atom is -0.472 e. The summed E-state index contributed by atoms with van der Waals surface area (Å²) in [5.74, 6) is 0.0801. The van der Waals surface area contributed by atoms with Gasteiger partial charge in [0, 0.05) is 44.0 Å². The van der Waals surface area contributed by atoms with E-state index in [1.807, 2.05) is 56.6 Å². The summed E-state index contributed by atoms with van der Waals surface area (Å²) in [6.45, 7) is 9.31. The Morgan fingerprint density at radius 3 is 2.72 bits per heavy atom. The summed E-state index contributed by atoms with van der Waals surface area (Å²) in [7, 11) is -3.40. The van der Waals surface area contributed by atoms with Crippen molar-refractivity contribution in [3.63, 3.8) is 0 Å². The van der Waals surface area contributed by atoms with Crippen molar-refractivity contribution in [1.29, 1.82) is 0 Å². The Balaban J connectivity index is 1.39. The number of carbonyl (C=O) groups is 1. The highest BCUT2D eigenvalue weighted by atomic mass is 32.3. The molecule has 13 heteroatoms. The first-order valence-corrected chi connectivity index (χ1v) is 16.8. The Labute approximate surface area is 269 Å². The second kappa shape index (κ2) is 13.1. The number of nitrogens with one attached hydrogen (secondary N) is 1. The maximum atomic E-state index is 13.5. The monoisotopic (exact) mass is 642 g/mol. The van der Waals surface area contributed by atoms with Crippen LogP contribution in [0.3, 0.4) is 0 Å². The number of amides is 1. The van der Waals surface area contributed by atoms with Crippen molar-refractivity contribution in [2.75, 3.05) is 11.9 Å². The number of aromatic nitrogens is 6. The molecular formula is C33H38N8O4S. The Kier molecular flexibility index (Phi) is 9.00. The summed E-state index contributed by atoms with van der Waals surface area (Å²) in [6, 6.07) is 13.5. The van der Waals surface area contributed by atoms with Crippen molar-refractivity contribution in [3.05, 3.63) is 95.1 Å². The number of hydrogen-bond donors (Lipinski definition) is 3. The second-order valence-electron chi connectivity index (χ2n) is 11.4. The molecule has 0 fully saturated rings. The van der Waals surface area contributed by atoms with E-state index in [9.17, 15) is 13.9 Å². The Hall–Kier alpha value is -4.43. The van der Waals surface area contributed by atoms with Gasteiger partial charge in [0.1, 0.15) is 16.5 Å². The summed E-state index contributed by atoms with van der Waals surface area (Å²) < 4.78 is 32.8. The number of ether oxygens (including phenoxy) is 1. The average Bonchev–Trinajstić information content (AvgIpc) is 3.45. The minimum atomic E-state index is -3.40. The lowest BCUT2D eigenvalue weighted by Crippen LogP contribution is -2.34. The fourth-order valence-corrected chi connectivity index (χ4v) is 7.49. The summed E-state index contributed by atoms with van der Waals surface area (Å²) >= 11 is 0. The molecule has 0 saturated carbocycles. The van der Waals surface area contributed by atoms with E-state index in [-0.39, 0.29) is 41.7 Å². The van der Waals surface area contributed by atoms with E-state index < -0.39 is 10.8 Å². The van der Waals surface area contributed by atoms with Gasteiger partial charge in [0.2, 0.25) is 11.8 Å². The zero-order valence-corrected chi connectivity index (χ0v) is 27.1. The van der Waals surface area contributed by atoms with E-state index >= 15 is 0 Å². The van der Waals surface area contributed by atoms with Crippen LogP contribution >= 0.6 is 10.8 Å². The molecule has 240 valence electrons. The van der Waals surface area contributed by atoms with Crippen LogP contribution in [0.25, 0.3) is 11.0 Å². The molecule has 3 aromatic heterocycles. The van der Waals surface area contributed by atoms with Gasteiger partial charge >= 0.3 is 0 Å². The molecule has 3 N–H and O–H groups in total. The molecule has 1 amide bonds. The number of aryl methyl sites for hydroxylation is 3. The van der Waals surface area contributed by atoms with Gasteiger partial charge in [0.15, 0.2) is 5.82 Å². The van der Waals surface area contributed by atoms with Crippen molar-refractivity contribution < 1.29 is 18.6 Å². The van der Waals surface area contributed by atoms with Crippen molar-refractivity contribution in [1.82, 2.24) is 34.3 Å². The molecule has 0 spiro atoms. The average molecular weight is 643 g/mol. The molecule has 6 rings (SSSR count). The van der Waals surface area contributed by atoms with Crippen LogP contribution in [0.4, 0.5) is 5.82 Å². The first kappa shape index (κ1) is 31.5. The highest BCUT2D eigenvalue weighted by Crippen LogP contribution is 2.57. The maximum absolute atomic E-state index is 13.5. The largest absolute Gasteiger partial charge is 0.472 e. The van der Waals surface area contributed by atoms with Crippen LogP contribution in [0.2, 0.25) is 0 Å². The fourth-order valence-electron chi connectivity index (χ4n) is 5.92. The van der Waals surface area contributed by atoms with Gasteiger partial charge in [-0.05, 0) is 73.2 Å². The summed E-state index contributed by atoms with van der Waals surface area (Å²) in [6.07, 6.45) is 6.73. The molecule has 5 aromatic rings. The highest BCUT2D eigenvalue weighted by molar-refractivity contribution is 8.22. The van der Waals surface area contributed by atoms with Gasteiger partial charge < -0.3 is 10.1 Å². The van der Waals surface area contributed by atoms with Crippen LogP contribution in [0.15, 0.2) is 72.1 Å². The van der Waals surface area contributed by atoms with Crippen molar-refractivity contribution in [3.8, 4) is 5.88 Å². The first-order chi connectivity index (χ1) is 22.2. The van der Waals surface area contributed by atoms with Crippen molar-refractivity contribution in [2.24, 2.45) is 0 Å². The third-order valence-electron chi connectivity index (χ3n) is 8.53. The van der Waals surface area contributed by atoms with Crippen molar-refractivity contribution >= 4 is 33.5 Å². The standard InChI is InChI=1S/C33H38N8O4S/c1-5-25-20-40(46(43,44)29-8-7-13-36-33(29)45-25)19-24-16-23(10-9-21(24)3)27(17-31(42)37-30-18-34-14-15-35-30)26-11-12-28-32(22(26)4)38-39-41(28)6-2/h7-16,18,25,27,43-44H,5-6,17,19-20H2,1-4H3,(H,35,37,42). The summed E-state index contributed by atoms with van der Waals surface area (Å²) in [4.78, 5) is 26.3. The number of benzene rings is 2. The molecule has 2 unspecified atom stereocenters. The molecule has 1 aliphatic rings. The zero-order chi connectivity index (χ0) is 32.4. The molecular weight excluding hydrogens is 604 g/mol. The SMILES string of the molecule is CCC1CN(Cc2cc(C(CC(=O)Nc3cnccn3)c3ccc4c(nnn4CC)c3C)ccc2C)S(O)(O)c2cccnc2O1. The number of rotatable bonds is 9. The second-order valence-corrected chi connectivity index (χ2v) is 13.4. The van der Waals surface area contributed by atoms with Crippen LogP contribution in [-0.4, -0.2) is 61.9 Å². The van der Waals surface area contributed by atoms with Gasteiger partial charge in [-0.2, -0.15) is 4.31 Å². The van der Waals surface area contributed by atoms with E-state index in [2.05, 4.69) is 36.6 Å². The molecule has 2 atom stereocenters. The molecule has 0 aliphatic carbocycles. The van der Waals surface area contributed by atoms with E-state index in [1.165, 1.54) is 12.4 Å². The van der Waals surface area contributed by atoms with Crippen LogP contribution < -0.4 is 10.1 Å². The van der Waals surface area contributed by atoms with E-state index in [0.717, 1.165) is 38.9 Å². The number of hydrogen-bond acceptors (Lipinski definition) is 10. The third kappa shape index (κ3) is 6.18. The first-order valence-electron chi connectivity index (χ1n) is 15.3. The Morgan fingerprint density at radius 1 is 1.11 bits per heavy atom. The highest BCUT2D eigenvalue weighted by Gasteiger charge is 2.36. The zero-order valence-electron chi connectivity index (χ0n) is 26.3. The lowest BCUT2D eigenvalue weighted by atomic mass is 9.84.